The molecule has 14 heavy (non-hydrogen) atoms. The maximum atomic E-state index is 11.7. The van der Waals surface area contributed by atoms with Crippen LogP contribution < -0.4 is 5.73 Å². The molecule has 1 aromatic carbocycles. The molecule has 1 rings (SSSR count). The number of carbonyl (C=O) groups is 1. The van der Waals surface area contributed by atoms with E-state index in [0.717, 1.165) is 5.56 Å². The van der Waals surface area contributed by atoms with Crippen LogP contribution >= 0.6 is 11.6 Å². The van der Waals surface area contributed by atoms with Crippen molar-refractivity contribution in [3.63, 3.8) is 0 Å². The molecule has 0 aliphatic rings. The van der Waals surface area contributed by atoms with Crippen LogP contribution in [0, 0.1) is 6.92 Å². The fraction of sp³-hybridized carbons (Fsp3) is 0.364. The van der Waals surface area contributed by atoms with Crippen molar-refractivity contribution in [1.29, 1.82) is 0 Å². The van der Waals surface area contributed by atoms with Crippen molar-refractivity contribution >= 4 is 17.4 Å². The summed E-state index contributed by atoms with van der Waals surface area (Å²) in [5.41, 5.74) is 7.16. The van der Waals surface area contributed by atoms with Crippen molar-refractivity contribution in [3.8, 4) is 0 Å². The van der Waals surface area contributed by atoms with E-state index in [1.54, 1.807) is 12.1 Å². The Morgan fingerprint density at radius 1 is 1.57 bits per heavy atom. The number of aryl methyl sites for hydroxylation is 1. The number of rotatable bonds is 3. The van der Waals surface area contributed by atoms with Crippen LogP contribution in [0.2, 0.25) is 5.02 Å². The Kier molecular flexibility index (Phi) is 3.67. The third-order valence-corrected chi connectivity index (χ3v) is 2.26. The van der Waals surface area contributed by atoms with Crippen LogP contribution in [0.4, 0.5) is 0 Å². The molecule has 0 radical (unpaired) electrons. The minimum absolute atomic E-state index is 0.00806. The molecule has 2 N–H and O–H groups in total. The van der Waals surface area contributed by atoms with Crippen molar-refractivity contribution in [2.45, 2.75) is 26.3 Å². The van der Waals surface area contributed by atoms with Crippen LogP contribution in [0.3, 0.4) is 0 Å². The molecule has 76 valence electrons. The molecule has 3 heteroatoms. The molecule has 0 saturated carbocycles. The summed E-state index contributed by atoms with van der Waals surface area (Å²) in [6.45, 7) is 3.74. The van der Waals surface area contributed by atoms with Crippen LogP contribution in [0.25, 0.3) is 0 Å². The van der Waals surface area contributed by atoms with Crippen molar-refractivity contribution in [1.82, 2.24) is 0 Å². The molecule has 0 spiro atoms. The molecule has 0 aliphatic carbocycles. The number of benzene rings is 1. The van der Waals surface area contributed by atoms with E-state index in [2.05, 4.69) is 0 Å². The molecule has 0 bridgehead atoms. The topological polar surface area (TPSA) is 43.1 Å². The second-order valence-electron chi connectivity index (χ2n) is 3.59. The number of ketones is 1. The Hall–Kier alpha value is -0.860. The van der Waals surface area contributed by atoms with E-state index in [-0.39, 0.29) is 11.8 Å². The molecule has 1 atom stereocenters. The van der Waals surface area contributed by atoms with Gasteiger partial charge in [0.25, 0.3) is 0 Å². The predicted molar refractivity (Wildman–Crippen MR) is 58.8 cm³/mol. The molecule has 0 amide bonds. The van der Waals surface area contributed by atoms with E-state index in [0.29, 0.717) is 17.0 Å². The number of carbonyl (C=O) groups excluding carboxylic acids is 1. The van der Waals surface area contributed by atoms with Crippen molar-refractivity contribution in [2.75, 3.05) is 0 Å². The molecular weight excluding hydrogens is 198 g/mol. The van der Waals surface area contributed by atoms with Gasteiger partial charge in [0.1, 0.15) is 0 Å². The van der Waals surface area contributed by atoms with Crippen LogP contribution in [0.1, 0.15) is 29.3 Å². The van der Waals surface area contributed by atoms with Crippen LogP contribution in [-0.4, -0.2) is 11.8 Å². The Balaban J connectivity index is 2.94. The zero-order valence-electron chi connectivity index (χ0n) is 8.38. The zero-order chi connectivity index (χ0) is 10.7. The normalized spacial score (nSPS) is 12.6. The fourth-order valence-corrected chi connectivity index (χ4v) is 1.48. The van der Waals surface area contributed by atoms with Gasteiger partial charge in [0.15, 0.2) is 5.78 Å². The molecule has 0 aliphatic heterocycles. The maximum absolute atomic E-state index is 11.7. The lowest BCUT2D eigenvalue weighted by molar-refractivity contribution is 0.0976. The van der Waals surface area contributed by atoms with E-state index < -0.39 is 0 Å². The first kappa shape index (κ1) is 11.2. The van der Waals surface area contributed by atoms with Gasteiger partial charge >= 0.3 is 0 Å². The smallest absolute Gasteiger partial charge is 0.165 e. The van der Waals surface area contributed by atoms with Crippen molar-refractivity contribution in [2.24, 2.45) is 5.73 Å². The van der Waals surface area contributed by atoms with Crippen LogP contribution in [0.15, 0.2) is 18.2 Å². The molecule has 0 saturated heterocycles. The quantitative estimate of drug-likeness (QED) is 0.781. The van der Waals surface area contributed by atoms with Gasteiger partial charge in [-0.05, 0) is 26.0 Å². The lowest BCUT2D eigenvalue weighted by Crippen LogP contribution is -2.19. The van der Waals surface area contributed by atoms with Gasteiger partial charge in [-0.3, -0.25) is 4.79 Å². The minimum Gasteiger partial charge on any atom is -0.328 e. The highest BCUT2D eigenvalue weighted by Crippen LogP contribution is 2.19. The molecule has 1 unspecified atom stereocenters. The lowest BCUT2D eigenvalue weighted by Gasteiger charge is -2.06. The first-order valence-electron chi connectivity index (χ1n) is 4.55. The number of nitrogens with two attached hydrogens (primary N) is 1. The average Bonchev–Trinajstić information content (AvgIpc) is 2.08. The maximum Gasteiger partial charge on any atom is 0.165 e. The summed E-state index contributed by atoms with van der Waals surface area (Å²) in [6.07, 6.45) is 0.336. The average molecular weight is 212 g/mol. The summed E-state index contributed by atoms with van der Waals surface area (Å²) < 4.78 is 0. The van der Waals surface area contributed by atoms with Crippen molar-refractivity contribution in [3.05, 3.63) is 34.3 Å². The molecule has 0 heterocycles. The number of hydrogen-bond donors (Lipinski definition) is 1. The van der Waals surface area contributed by atoms with Gasteiger partial charge in [-0.2, -0.15) is 0 Å². The van der Waals surface area contributed by atoms with Gasteiger partial charge in [0.2, 0.25) is 0 Å². The predicted octanol–water partition coefficient (Wildman–Crippen LogP) is 2.57. The van der Waals surface area contributed by atoms with Gasteiger partial charge < -0.3 is 5.73 Å². The second-order valence-corrected chi connectivity index (χ2v) is 4.00. The summed E-state index contributed by atoms with van der Waals surface area (Å²) >= 11 is 5.91. The zero-order valence-corrected chi connectivity index (χ0v) is 9.14. The monoisotopic (exact) mass is 211 g/mol. The van der Waals surface area contributed by atoms with E-state index in [1.165, 1.54) is 0 Å². The van der Waals surface area contributed by atoms with Crippen LogP contribution in [-0.2, 0) is 0 Å². The molecule has 0 fully saturated rings. The SMILES string of the molecule is Cc1ccc(Cl)c(C(=O)CC(C)N)c1. The van der Waals surface area contributed by atoms with E-state index in [1.807, 2.05) is 19.9 Å². The number of halogens is 1. The van der Waals surface area contributed by atoms with Gasteiger partial charge in [-0.25, -0.2) is 0 Å². The first-order valence-corrected chi connectivity index (χ1v) is 4.93. The Morgan fingerprint density at radius 2 is 2.21 bits per heavy atom. The summed E-state index contributed by atoms with van der Waals surface area (Å²) in [4.78, 5) is 11.7. The minimum atomic E-state index is -0.126. The second kappa shape index (κ2) is 4.58. The Bertz CT molecular complexity index is 347. The van der Waals surface area contributed by atoms with Gasteiger partial charge in [-0.1, -0.05) is 23.2 Å². The van der Waals surface area contributed by atoms with Gasteiger partial charge in [0, 0.05) is 18.0 Å². The third kappa shape index (κ3) is 2.82. The third-order valence-electron chi connectivity index (χ3n) is 1.93. The van der Waals surface area contributed by atoms with E-state index in [4.69, 9.17) is 17.3 Å². The highest BCUT2D eigenvalue weighted by atomic mass is 35.5. The molecule has 1 aromatic rings. The molecule has 0 aromatic heterocycles. The highest BCUT2D eigenvalue weighted by Gasteiger charge is 2.11. The molecule has 2 nitrogen and oxygen atoms in total. The Labute approximate surface area is 89.1 Å². The van der Waals surface area contributed by atoms with Gasteiger partial charge in [0.05, 0.1) is 5.02 Å². The largest absolute Gasteiger partial charge is 0.328 e. The summed E-state index contributed by atoms with van der Waals surface area (Å²) in [5.74, 6) is 0.00806. The fourth-order valence-electron chi connectivity index (χ4n) is 1.26. The standard InChI is InChI=1S/C11H14ClNO/c1-7-3-4-10(12)9(5-7)11(14)6-8(2)13/h3-5,8H,6,13H2,1-2H3. The van der Waals surface area contributed by atoms with Gasteiger partial charge in [-0.15, -0.1) is 0 Å². The lowest BCUT2D eigenvalue weighted by atomic mass is 10.0. The van der Waals surface area contributed by atoms with Crippen LogP contribution in [0.5, 0.6) is 0 Å². The highest BCUT2D eigenvalue weighted by molar-refractivity contribution is 6.34. The van der Waals surface area contributed by atoms with Crippen molar-refractivity contribution < 1.29 is 4.79 Å². The van der Waals surface area contributed by atoms with E-state index in [9.17, 15) is 4.79 Å². The summed E-state index contributed by atoms with van der Waals surface area (Å²) in [6, 6.07) is 5.29. The summed E-state index contributed by atoms with van der Waals surface area (Å²) in [5, 5.41) is 0.501. The number of Topliss-reactive ketones (excluding diaryl/α,β-unsaturated/α-hetero) is 1. The Morgan fingerprint density at radius 3 is 2.79 bits per heavy atom. The number of hydrogen-bond acceptors (Lipinski definition) is 2. The first-order chi connectivity index (χ1) is 6.50. The molecular formula is C11H14ClNO. The summed E-state index contributed by atoms with van der Waals surface area (Å²) in [7, 11) is 0. The van der Waals surface area contributed by atoms with E-state index >= 15 is 0 Å².